The molecule has 152 valence electrons. The van der Waals surface area contributed by atoms with Crippen LogP contribution in [0.15, 0.2) is 54.6 Å². The average molecular weight is 393 g/mol. The van der Waals surface area contributed by atoms with Crippen LogP contribution in [0.2, 0.25) is 0 Å². The second kappa shape index (κ2) is 8.11. The first-order chi connectivity index (χ1) is 13.6. The fourth-order valence-corrected chi connectivity index (χ4v) is 3.03. The molecule has 29 heavy (non-hydrogen) atoms. The normalized spacial score (nSPS) is 17.8. The van der Waals surface area contributed by atoms with E-state index in [0.717, 1.165) is 11.3 Å². The molecule has 0 aromatic heterocycles. The lowest BCUT2D eigenvalue weighted by Gasteiger charge is -2.31. The van der Waals surface area contributed by atoms with E-state index in [4.69, 9.17) is 9.47 Å². The van der Waals surface area contributed by atoms with E-state index in [0.29, 0.717) is 17.7 Å². The highest BCUT2D eigenvalue weighted by Crippen LogP contribution is 2.33. The van der Waals surface area contributed by atoms with Gasteiger partial charge in [0.2, 0.25) is 5.91 Å². The quantitative estimate of drug-likeness (QED) is 0.719. The second-order valence-corrected chi connectivity index (χ2v) is 8.73. The lowest BCUT2D eigenvalue weighted by atomic mass is 9.92. The van der Waals surface area contributed by atoms with Gasteiger partial charge in [-0.3, -0.25) is 4.79 Å². The summed E-state index contributed by atoms with van der Waals surface area (Å²) in [6, 6.07) is 14.4. The van der Waals surface area contributed by atoms with Crippen molar-refractivity contribution in [1.29, 1.82) is 0 Å². The third-order valence-electron chi connectivity index (χ3n) is 4.44. The smallest absolute Gasteiger partial charge is 0.338 e. The molecule has 0 fully saturated rings. The highest BCUT2D eigenvalue weighted by Gasteiger charge is 2.29. The molecule has 1 aliphatic rings. The van der Waals surface area contributed by atoms with Gasteiger partial charge in [-0.2, -0.15) is 0 Å². The van der Waals surface area contributed by atoms with Crippen molar-refractivity contribution in [2.24, 2.45) is 5.41 Å². The molecule has 2 aromatic carbocycles. The van der Waals surface area contributed by atoms with Crippen molar-refractivity contribution < 1.29 is 19.1 Å². The Morgan fingerprint density at radius 1 is 1.10 bits per heavy atom. The Kier molecular flexibility index (Phi) is 5.78. The van der Waals surface area contributed by atoms with Crippen molar-refractivity contribution in [2.75, 3.05) is 11.9 Å². The Bertz CT molecular complexity index is 928. The molecule has 1 heterocycles. The van der Waals surface area contributed by atoms with E-state index < -0.39 is 5.60 Å². The number of rotatable bonds is 5. The number of hydrogen-bond acceptors (Lipinski definition) is 4. The summed E-state index contributed by atoms with van der Waals surface area (Å²) in [6.45, 7) is 8.05. The fraction of sp³-hybridized carbons (Fsp3) is 0.333. The molecule has 0 radical (unpaired) electrons. The van der Waals surface area contributed by atoms with Crippen LogP contribution in [-0.2, 0) is 9.53 Å². The topological polar surface area (TPSA) is 64.6 Å². The first kappa shape index (κ1) is 20.6. The highest BCUT2D eigenvalue weighted by atomic mass is 16.6. The molecule has 2 aromatic rings. The average Bonchev–Trinajstić information content (AvgIpc) is 2.65. The number of nitrogens with one attached hydrogen (secondary N) is 1. The zero-order valence-electron chi connectivity index (χ0n) is 17.3. The number of amides is 1. The van der Waals surface area contributed by atoms with E-state index >= 15 is 0 Å². The van der Waals surface area contributed by atoms with Crippen LogP contribution in [0.25, 0.3) is 6.08 Å². The number of hydrogen-bond donors (Lipinski definition) is 1. The van der Waals surface area contributed by atoms with E-state index in [1.807, 2.05) is 64.1 Å². The summed E-state index contributed by atoms with van der Waals surface area (Å²) in [4.78, 5) is 24.3. The number of benzene rings is 2. The Morgan fingerprint density at radius 2 is 1.83 bits per heavy atom. The molecule has 1 atom stereocenters. The monoisotopic (exact) mass is 393 g/mol. The Hall–Kier alpha value is -3.08. The van der Waals surface area contributed by atoms with Gasteiger partial charge in [0.15, 0.2) is 5.60 Å². The van der Waals surface area contributed by atoms with Crippen LogP contribution in [0.4, 0.5) is 5.69 Å². The van der Waals surface area contributed by atoms with Crippen molar-refractivity contribution in [2.45, 2.75) is 39.7 Å². The minimum atomic E-state index is -0.756. The number of esters is 1. The van der Waals surface area contributed by atoms with Crippen LogP contribution in [-0.4, -0.2) is 24.1 Å². The molecule has 5 heteroatoms. The van der Waals surface area contributed by atoms with E-state index in [2.05, 4.69) is 5.32 Å². The lowest BCUT2D eigenvalue weighted by Crippen LogP contribution is -2.38. The van der Waals surface area contributed by atoms with E-state index in [9.17, 15) is 9.59 Å². The van der Waals surface area contributed by atoms with Gasteiger partial charge in [0.05, 0.1) is 5.56 Å². The van der Waals surface area contributed by atoms with Crippen LogP contribution in [0.1, 0.15) is 50.0 Å². The maximum absolute atomic E-state index is 12.2. The number of carbonyl (C=O) groups excluding carboxylic acids is 2. The molecule has 0 spiro atoms. The summed E-state index contributed by atoms with van der Waals surface area (Å²) < 4.78 is 11.5. The van der Waals surface area contributed by atoms with Crippen LogP contribution >= 0.6 is 0 Å². The molecule has 1 N–H and O–H groups in total. The van der Waals surface area contributed by atoms with E-state index in [1.165, 1.54) is 0 Å². The van der Waals surface area contributed by atoms with Gasteiger partial charge in [-0.15, -0.1) is 0 Å². The van der Waals surface area contributed by atoms with Crippen LogP contribution in [0, 0.1) is 5.41 Å². The van der Waals surface area contributed by atoms with Crippen LogP contribution in [0.3, 0.4) is 0 Å². The van der Waals surface area contributed by atoms with Gasteiger partial charge in [0.1, 0.15) is 12.4 Å². The molecule has 1 unspecified atom stereocenters. The number of anilines is 1. The first-order valence-electron chi connectivity index (χ1n) is 9.68. The number of carbonyl (C=O) groups is 2. The minimum absolute atomic E-state index is 0.0178. The van der Waals surface area contributed by atoms with Gasteiger partial charge in [-0.05, 0) is 48.7 Å². The van der Waals surface area contributed by atoms with Crippen LogP contribution < -0.4 is 10.1 Å². The largest absolute Gasteiger partial charge is 0.479 e. The first-order valence-corrected chi connectivity index (χ1v) is 9.68. The van der Waals surface area contributed by atoms with Gasteiger partial charge < -0.3 is 14.8 Å². The fourth-order valence-electron chi connectivity index (χ4n) is 3.03. The van der Waals surface area contributed by atoms with E-state index in [1.54, 1.807) is 24.3 Å². The van der Waals surface area contributed by atoms with Crippen molar-refractivity contribution >= 4 is 23.6 Å². The maximum atomic E-state index is 12.2. The number of fused-ring (bicyclic) bond motifs is 1. The summed E-state index contributed by atoms with van der Waals surface area (Å²) in [5.74, 6) is 0.280. The van der Waals surface area contributed by atoms with Gasteiger partial charge in [0.25, 0.3) is 0 Å². The summed E-state index contributed by atoms with van der Waals surface area (Å²) >= 11 is 0. The van der Waals surface area contributed by atoms with Crippen molar-refractivity contribution in [1.82, 2.24) is 0 Å². The molecule has 0 saturated heterocycles. The van der Waals surface area contributed by atoms with Gasteiger partial charge in [0, 0.05) is 17.7 Å². The molecule has 1 aliphatic heterocycles. The van der Waals surface area contributed by atoms with Crippen molar-refractivity contribution in [3.05, 3.63) is 65.7 Å². The summed E-state index contributed by atoms with van der Waals surface area (Å²) in [5, 5.41) is 2.93. The SMILES string of the molecule is CC(C)(C)CC(=O)Nc1ccc2c(c1)C=CC(C)(COC(=O)c1ccccc1)O2. The number of ether oxygens (including phenoxy) is 2. The highest BCUT2D eigenvalue weighted by molar-refractivity contribution is 5.91. The predicted octanol–water partition coefficient (Wildman–Crippen LogP) is 5.08. The van der Waals surface area contributed by atoms with Gasteiger partial charge in [-0.1, -0.05) is 45.0 Å². The summed E-state index contributed by atoms with van der Waals surface area (Å²) in [5.41, 5.74) is 1.28. The van der Waals surface area contributed by atoms with Crippen molar-refractivity contribution in [3.63, 3.8) is 0 Å². The molecule has 0 saturated carbocycles. The second-order valence-electron chi connectivity index (χ2n) is 8.73. The molecule has 3 rings (SSSR count). The molecular weight excluding hydrogens is 366 g/mol. The third-order valence-corrected chi connectivity index (χ3v) is 4.44. The Labute approximate surface area is 171 Å². The van der Waals surface area contributed by atoms with Crippen molar-refractivity contribution in [3.8, 4) is 5.75 Å². The molecular formula is C24H27NO4. The summed E-state index contributed by atoms with van der Waals surface area (Å²) in [6.07, 6.45) is 4.24. The van der Waals surface area contributed by atoms with E-state index in [-0.39, 0.29) is 23.9 Å². The summed E-state index contributed by atoms with van der Waals surface area (Å²) in [7, 11) is 0. The zero-order chi connectivity index (χ0) is 21.1. The molecule has 1 amide bonds. The Morgan fingerprint density at radius 3 is 2.52 bits per heavy atom. The Balaban J connectivity index is 1.63. The predicted molar refractivity (Wildman–Crippen MR) is 114 cm³/mol. The molecule has 5 nitrogen and oxygen atoms in total. The third kappa shape index (κ3) is 5.70. The van der Waals surface area contributed by atoms with Gasteiger partial charge in [-0.25, -0.2) is 4.79 Å². The standard InChI is InChI=1S/C24H27NO4/c1-23(2,3)15-21(26)25-19-10-11-20-18(14-19)12-13-24(4,29-20)16-28-22(27)17-8-6-5-7-9-17/h5-14H,15-16H2,1-4H3,(H,25,26). The lowest BCUT2D eigenvalue weighted by molar-refractivity contribution is -0.117. The zero-order valence-corrected chi connectivity index (χ0v) is 17.3. The molecule has 0 bridgehead atoms. The van der Waals surface area contributed by atoms with Gasteiger partial charge >= 0.3 is 5.97 Å². The maximum Gasteiger partial charge on any atom is 0.338 e. The minimum Gasteiger partial charge on any atom is -0.479 e. The van der Waals surface area contributed by atoms with Crippen LogP contribution in [0.5, 0.6) is 5.75 Å². The molecule has 0 aliphatic carbocycles.